The Labute approximate surface area is 216 Å². The predicted octanol–water partition coefficient (Wildman–Crippen LogP) is 4.83. The van der Waals surface area contributed by atoms with E-state index in [-0.39, 0.29) is 22.9 Å². The molecule has 188 valence electrons. The van der Waals surface area contributed by atoms with E-state index in [4.69, 9.17) is 4.74 Å². The van der Waals surface area contributed by atoms with Crippen molar-refractivity contribution in [2.75, 3.05) is 5.32 Å². The monoisotopic (exact) mass is 508 g/mol. The minimum absolute atomic E-state index is 0.138. The van der Waals surface area contributed by atoms with Crippen LogP contribution in [0.5, 0.6) is 5.75 Å². The molecule has 10 nitrogen and oxygen atoms in total. The molecule has 2 N–H and O–H groups in total. The van der Waals surface area contributed by atoms with Crippen LogP contribution in [0.15, 0.2) is 108 Å². The quantitative estimate of drug-likeness (QED) is 0.115. The second kappa shape index (κ2) is 11.9. The summed E-state index contributed by atoms with van der Waals surface area (Å²) in [5, 5.41) is 17.5. The Morgan fingerprint density at radius 2 is 1.34 bits per heavy atom. The van der Waals surface area contributed by atoms with Gasteiger partial charge in [0.05, 0.1) is 16.7 Å². The molecular formula is C28H20N4O6. The van der Waals surface area contributed by atoms with Gasteiger partial charge in [0.2, 0.25) is 0 Å². The van der Waals surface area contributed by atoms with Crippen molar-refractivity contribution in [1.29, 1.82) is 0 Å². The smallest absolute Gasteiger partial charge is 0.343 e. The fourth-order valence-corrected chi connectivity index (χ4v) is 3.28. The van der Waals surface area contributed by atoms with Gasteiger partial charge < -0.3 is 10.1 Å². The van der Waals surface area contributed by atoms with Crippen LogP contribution in [0.25, 0.3) is 0 Å². The molecule has 0 aromatic heterocycles. The summed E-state index contributed by atoms with van der Waals surface area (Å²) >= 11 is 0. The van der Waals surface area contributed by atoms with Gasteiger partial charge in [0.15, 0.2) is 0 Å². The van der Waals surface area contributed by atoms with Crippen molar-refractivity contribution in [3.05, 3.63) is 135 Å². The molecule has 0 radical (unpaired) electrons. The van der Waals surface area contributed by atoms with Gasteiger partial charge in [-0.1, -0.05) is 30.3 Å². The summed E-state index contributed by atoms with van der Waals surface area (Å²) < 4.78 is 5.40. The predicted molar refractivity (Wildman–Crippen MR) is 140 cm³/mol. The van der Waals surface area contributed by atoms with Crippen molar-refractivity contribution in [2.45, 2.75) is 0 Å². The fraction of sp³-hybridized carbons (Fsp3) is 0. The molecular weight excluding hydrogens is 488 g/mol. The van der Waals surface area contributed by atoms with Crippen LogP contribution < -0.4 is 15.5 Å². The van der Waals surface area contributed by atoms with Crippen molar-refractivity contribution < 1.29 is 24.0 Å². The van der Waals surface area contributed by atoms with Crippen LogP contribution in [-0.4, -0.2) is 28.9 Å². The molecule has 0 bridgehead atoms. The van der Waals surface area contributed by atoms with E-state index in [9.17, 15) is 24.5 Å². The zero-order valence-electron chi connectivity index (χ0n) is 19.7. The molecule has 0 spiro atoms. The molecule has 0 saturated heterocycles. The van der Waals surface area contributed by atoms with Crippen LogP contribution in [0.1, 0.15) is 36.6 Å². The molecule has 38 heavy (non-hydrogen) atoms. The van der Waals surface area contributed by atoms with E-state index in [2.05, 4.69) is 15.8 Å². The number of ether oxygens (including phenoxy) is 1. The summed E-state index contributed by atoms with van der Waals surface area (Å²) in [4.78, 5) is 47.4. The minimum atomic E-state index is -0.704. The number of hydrogen-bond acceptors (Lipinski definition) is 7. The zero-order chi connectivity index (χ0) is 26.9. The highest BCUT2D eigenvalue weighted by atomic mass is 16.6. The number of nitro groups is 1. The van der Waals surface area contributed by atoms with Crippen molar-refractivity contribution >= 4 is 35.4 Å². The SMILES string of the molecule is O=C(N/N=C\c1ccccc1OC(=O)c1ccc([N+](=O)[O-])cc1)c1ccc(NC(=O)c2ccccc2)cc1. The lowest BCUT2D eigenvalue weighted by Gasteiger charge is -2.07. The molecule has 0 aliphatic heterocycles. The van der Waals surface area contributed by atoms with Gasteiger partial charge in [-0.15, -0.1) is 0 Å². The van der Waals surface area contributed by atoms with Crippen LogP contribution >= 0.6 is 0 Å². The van der Waals surface area contributed by atoms with Gasteiger partial charge >= 0.3 is 5.97 Å². The summed E-state index contributed by atoms with van der Waals surface area (Å²) in [7, 11) is 0. The number of rotatable bonds is 8. The molecule has 0 aliphatic carbocycles. The Balaban J connectivity index is 1.35. The van der Waals surface area contributed by atoms with Crippen LogP contribution in [0.2, 0.25) is 0 Å². The molecule has 0 aliphatic rings. The first kappa shape index (κ1) is 25.5. The van der Waals surface area contributed by atoms with E-state index in [1.165, 1.54) is 30.5 Å². The van der Waals surface area contributed by atoms with Gasteiger partial charge in [-0.3, -0.25) is 19.7 Å². The number of hydrazone groups is 1. The van der Waals surface area contributed by atoms with E-state index in [1.807, 2.05) is 6.07 Å². The number of para-hydroxylation sites is 1. The molecule has 0 saturated carbocycles. The molecule has 4 aromatic rings. The third kappa shape index (κ3) is 6.52. The Hall–Kier alpha value is -5.64. The molecule has 4 aromatic carbocycles. The average Bonchev–Trinajstić information content (AvgIpc) is 2.94. The summed E-state index contributed by atoms with van der Waals surface area (Å²) in [6.07, 6.45) is 1.32. The number of anilines is 1. The molecule has 10 heteroatoms. The van der Waals surface area contributed by atoms with Gasteiger partial charge in [0.1, 0.15) is 5.75 Å². The highest BCUT2D eigenvalue weighted by Gasteiger charge is 2.13. The van der Waals surface area contributed by atoms with Gasteiger partial charge in [0, 0.05) is 34.5 Å². The topological polar surface area (TPSA) is 140 Å². The van der Waals surface area contributed by atoms with Gasteiger partial charge in [0.25, 0.3) is 17.5 Å². The van der Waals surface area contributed by atoms with Crippen molar-refractivity contribution in [3.8, 4) is 5.75 Å². The molecule has 0 unspecified atom stereocenters. The Kier molecular flexibility index (Phi) is 7.95. The average molecular weight is 508 g/mol. The third-order valence-corrected chi connectivity index (χ3v) is 5.25. The van der Waals surface area contributed by atoms with Gasteiger partial charge in [-0.05, 0) is 60.7 Å². The van der Waals surface area contributed by atoms with E-state index in [0.29, 0.717) is 22.4 Å². The maximum atomic E-state index is 12.5. The molecule has 0 heterocycles. The molecule has 4 rings (SSSR count). The molecule has 2 amide bonds. The van der Waals surface area contributed by atoms with E-state index in [1.54, 1.807) is 72.8 Å². The highest BCUT2D eigenvalue weighted by molar-refractivity contribution is 6.04. The second-order valence-electron chi connectivity index (χ2n) is 7.83. The number of benzene rings is 4. The van der Waals surface area contributed by atoms with Crippen molar-refractivity contribution in [2.24, 2.45) is 5.10 Å². The first-order valence-electron chi connectivity index (χ1n) is 11.3. The lowest BCUT2D eigenvalue weighted by Crippen LogP contribution is -2.18. The number of esters is 1. The van der Waals surface area contributed by atoms with E-state index >= 15 is 0 Å². The van der Waals surface area contributed by atoms with Crippen LogP contribution in [0.3, 0.4) is 0 Å². The minimum Gasteiger partial charge on any atom is -0.422 e. The third-order valence-electron chi connectivity index (χ3n) is 5.25. The van der Waals surface area contributed by atoms with E-state index in [0.717, 1.165) is 0 Å². The standard InChI is InChI=1S/C28H20N4O6/c33-26(19-6-2-1-3-7-19)30-23-14-10-20(11-15-23)27(34)31-29-18-22-8-4-5-9-25(22)38-28(35)21-12-16-24(17-13-21)32(36)37/h1-18H,(H,30,33)(H,31,34)/b29-18-. The normalized spacial score (nSPS) is 10.5. The van der Waals surface area contributed by atoms with Gasteiger partial charge in [-0.2, -0.15) is 5.10 Å². The number of nitro benzene ring substituents is 1. The lowest BCUT2D eigenvalue weighted by atomic mass is 10.1. The molecule has 0 fully saturated rings. The number of nitrogens with one attached hydrogen (secondary N) is 2. The fourth-order valence-electron chi connectivity index (χ4n) is 3.28. The Morgan fingerprint density at radius 3 is 2.03 bits per heavy atom. The number of nitrogens with zero attached hydrogens (tertiary/aromatic N) is 2. The first-order chi connectivity index (χ1) is 18.4. The van der Waals surface area contributed by atoms with Crippen molar-refractivity contribution in [3.63, 3.8) is 0 Å². The Morgan fingerprint density at radius 1 is 0.737 bits per heavy atom. The maximum absolute atomic E-state index is 12.5. The first-order valence-corrected chi connectivity index (χ1v) is 11.3. The van der Waals surface area contributed by atoms with Crippen LogP contribution in [-0.2, 0) is 0 Å². The van der Waals surface area contributed by atoms with E-state index < -0.39 is 16.8 Å². The van der Waals surface area contributed by atoms with Crippen LogP contribution in [0, 0.1) is 10.1 Å². The number of carbonyl (C=O) groups is 3. The summed E-state index contributed by atoms with van der Waals surface area (Å²) in [6.45, 7) is 0. The largest absolute Gasteiger partial charge is 0.422 e. The summed E-state index contributed by atoms with van der Waals surface area (Å²) in [5.74, 6) is -1.26. The van der Waals surface area contributed by atoms with Crippen molar-refractivity contribution in [1.82, 2.24) is 5.43 Å². The number of carbonyl (C=O) groups excluding carboxylic acids is 3. The number of amides is 2. The zero-order valence-corrected chi connectivity index (χ0v) is 19.7. The van der Waals surface area contributed by atoms with Crippen LogP contribution in [0.4, 0.5) is 11.4 Å². The summed E-state index contributed by atoms with van der Waals surface area (Å²) in [5.41, 5.74) is 4.18. The second-order valence-corrected chi connectivity index (χ2v) is 7.83. The number of non-ortho nitro benzene ring substituents is 1. The Bertz CT molecular complexity index is 1500. The van der Waals surface area contributed by atoms with Gasteiger partial charge in [-0.25, -0.2) is 10.2 Å². The number of hydrogen-bond donors (Lipinski definition) is 2. The highest BCUT2D eigenvalue weighted by Crippen LogP contribution is 2.19. The summed E-state index contributed by atoms with van der Waals surface area (Å²) in [6, 6.07) is 26.6. The lowest BCUT2D eigenvalue weighted by molar-refractivity contribution is -0.384. The molecule has 0 atom stereocenters. The maximum Gasteiger partial charge on any atom is 0.343 e.